The number of nitrogen functional groups attached to an aromatic ring is 1. The third kappa shape index (κ3) is 4.78. The summed E-state index contributed by atoms with van der Waals surface area (Å²) >= 11 is 0. The molecule has 0 aliphatic rings. The van der Waals surface area contributed by atoms with Crippen molar-refractivity contribution in [3.8, 4) is 0 Å². The predicted octanol–water partition coefficient (Wildman–Crippen LogP) is 2.06. The average molecular weight is 284 g/mol. The van der Waals surface area contributed by atoms with Crippen molar-refractivity contribution in [3.05, 3.63) is 11.4 Å². The number of nitrogens with zero attached hydrogens (tertiary/aromatic N) is 2. The van der Waals surface area contributed by atoms with Crippen molar-refractivity contribution in [2.75, 3.05) is 23.1 Å². The molecule has 0 aliphatic carbocycles. The monoisotopic (exact) mass is 284 g/mol. The SMILES string of the molecule is Cc1c(N)nc(C(C)C)nc1NC(C)CCS(C)=O. The van der Waals surface area contributed by atoms with E-state index in [1.54, 1.807) is 6.26 Å². The fourth-order valence-corrected chi connectivity index (χ4v) is 2.28. The van der Waals surface area contributed by atoms with Gasteiger partial charge >= 0.3 is 0 Å². The smallest absolute Gasteiger partial charge is 0.135 e. The first-order chi connectivity index (χ1) is 8.81. The van der Waals surface area contributed by atoms with E-state index in [1.807, 2.05) is 20.8 Å². The summed E-state index contributed by atoms with van der Waals surface area (Å²) in [7, 11) is -0.763. The zero-order valence-corrected chi connectivity index (χ0v) is 13.2. The molecule has 0 aromatic carbocycles. The van der Waals surface area contributed by atoms with Crippen LogP contribution in [0.5, 0.6) is 0 Å². The van der Waals surface area contributed by atoms with E-state index < -0.39 is 10.8 Å². The van der Waals surface area contributed by atoms with Crippen LogP contribution in [0.3, 0.4) is 0 Å². The standard InChI is InChI=1S/C13H24N4OS/c1-8(2)12-16-11(14)10(4)13(17-12)15-9(3)6-7-19(5)18/h8-9H,6-7H2,1-5H3,(H3,14,15,16,17). The summed E-state index contributed by atoms with van der Waals surface area (Å²) in [6.07, 6.45) is 2.56. The molecule has 0 aliphatic heterocycles. The number of hydrogen-bond donors (Lipinski definition) is 2. The molecule has 5 nitrogen and oxygen atoms in total. The van der Waals surface area contributed by atoms with Gasteiger partial charge in [0.1, 0.15) is 17.5 Å². The number of hydrogen-bond acceptors (Lipinski definition) is 5. The first kappa shape index (κ1) is 15.9. The summed E-state index contributed by atoms with van der Waals surface area (Å²) in [4.78, 5) is 8.81. The van der Waals surface area contributed by atoms with Gasteiger partial charge in [-0.3, -0.25) is 4.21 Å². The predicted molar refractivity (Wildman–Crippen MR) is 81.9 cm³/mol. The highest BCUT2D eigenvalue weighted by Gasteiger charge is 2.13. The van der Waals surface area contributed by atoms with Gasteiger partial charge in [-0.2, -0.15) is 0 Å². The zero-order valence-electron chi connectivity index (χ0n) is 12.4. The molecule has 0 radical (unpaired) electrons. The highest BCUT2D eigenvalue weighted by Crippen LogP contribution is 2.21. The lowest BCUT2D eigenvalue weighted by Gasteiger charge is -2.18. The van der Waals surface area contributed by atoms with Crippen molar-refractivity contribution >= 4 is 22.4 Å². The van der Waals surface area contributed by atoms with Gasteiger partial charge in [0.05, 0.1) is 0 Å². The largest absolute Gasteiger partial charge is 0.383 e. The molecule has 3 N–H and O–H groups in total. The topological polar surface area (TPSA) is 80.9 Å². The van der Waals surface area contributed by atoms with Crippen molar-refractivity contribution < 1.29 is 4.21 Å². The maximum absolute atomic E-state index is 11.1. The lowest BCUT2D eigenvalue weighted by atomic mass is 10.2. The van der Waals surface area contributed by atoms with Gasteiger partial charge in [0.15, 0.2) is 0 Å². The van der Waals surface area contributed by atoms with Gasteiger partial charge < -0.3 is 11.1 Å². The van der Waals surface area contributed by atoms with E-state index in [0.717, 1.165) is 23.6 Å². The second-order valence-electron chi connectivity index (χ2n) is 5.21. The Morgan fingerprint density at radius 2 is 1.95 bits per heavy atom. The second kappa shape index (κ2) is 6.84. The summed E-state index contributed by atoms with van der Waals surface area (Å²) in [6, 6.07) is 0.205. The number of nitrogens with two attached hydrogens (primary N) is 1. The van der Waals surface area contributed by atoms with Gasteiger partial charge in [-0.25, -0.2) is 9.97 Å². The number of anilines is 2. The van der Waals surface area contributed by atoms with E-state index in [1.165, 1.54) is 0 Å². The van der Waals surface area contributed by atoms with Gasteiger partial charge in [0.25, 0.3) is 0 Å². The molecule has 0 fully saturated rings. The van der Waals surface area contributed by atoms with Crippen LogP contribution in [0.25, 0.3) is 0 Å². The van der Waals surface area contributed by atoms with Crippen molar-refractivity contribution in [2.24, 2.45) is 0 Å². The Labute approximate surface area is 117 Å². The number of rotatable bonds is 6. The summed E-state index contributed by atoms with van der Waals surface area (Å²) in [5.74, 6) is 2.97. The van der Waals surface area contributed by atoms with E-state index in [9.17, 15) is 4.21 Å². The third-order valence-electron chi connectivity index (χ3n) is 2.94. The van der Waals surface area contributed by atoms with Crippen LogP contribution in [-0.4, -0.2) is 32.2 Å². The third-order valence-corrected chi connectivity index (χ3v) is 3.75. The van der Waals surface area contributed by atoms with Crippen LogP contribution in [-0.2, 0) is 10.8 Å². The number of aromatic nitrogens is 2. The molecule has 0 amide bonds. The van der Waals surface area contributed by atoms with E-state index >= 15 is 0 Å². The zero-order chi connectivity index (χ0) is 14.6. The first-order valence-electron chi connectivity index (χ1n) is 6.51. The molecule has 0 bridgehead atoms. The Bertz CT molecular complexity index is 462. The van der Waals surface area contributed by atoms with Crippen LogP contribution < -0.4 is 11.1 Å². The van der Waals surface area contributed by atoms with Crippen LogP contribution in [0.2, 0.25) is 0 Å². The molecule has 108 valence electrons. The molecule has 0 saturated carbocycles. The van der Waals surface area contributed by atoms with Crippen LogP contribution in [0.15, 0.2) is 0 Å². The van der Waals surface area contributed by atoms with Gasteiger partial charge in [-0.05, 0) is 20.3 Å². The summed E-state index contributed by atoms with van der Waals surface area (Å²) < 4.78 is 11.1. The van der Waals surface area contributed by atoms with Crippen LogP contribution >= 0.6 is 0 Å². The second-order valence-corrected chi connectivity index (χ2v) is 6.76. The Morgan fingerprint density at radius 3 is 2.47 bits per heavy atom. The summed E-state index contributed by atoms with van der Waals surface area (Å²) in [5.41, 5.74) is 6.79. The molecule has 1 aromatic rings. The molecular weight excluding hydrogens is 260 g/mol. The van der Waals surface area contributed by atoms with E-state index in [4.69, 9.17) is 5.73 Å². The molecule has 1 rings (SSSR count). The molecule has 6 heteroatoms. The van der Waals surface area contributed by atoms with Crippen LogP contribution in [0, 0.1) is 6.92 Å². The Hall–Kier alpha value is -1.17. The molecule has 1 aromatic heterocycles. The molecule has 2 atom stereocenters. The van der Waals surface area contributed by atoms with Crippen molar-refractivity contribution in [3.63, 3.8) is 0 Å². The molecule has 2 unspecified atom stereocenters. The quantitative estimate of drug-likeness (QED) is 0.835. The highest BCUT2D eigenvalue weighted by atomic mass is 32.2. The average Bonchev–Trinajstić information content (AvgIpc) is 2.31. The minimum absolute atomic E-state index is 0.205. The lowest BCUT2D eigenvalue weighted by molar-refractivity contribution is 0.677. The minimum Gasteiger partial charge on any atom is -0.383 e. The van der Waals surface area contributed by atoms with Gasteiger partial charge in [0, 0.05) is 40.3 Å². The molecule has 0 saturated heterocycles. The minimum atomic E-state index is -0.763. The maximum atomic E-state index is 11.1. The molecule has 19 heavy (non-hydrogen) atoms. The normalized spacial score (nSPS) is 14.4. The molecular formula is C13H24N4OS. The summed E-state index contributed by atoms with van der Waals surface area (Å²) in [5, 5.41) is 3.34. The van der Waals surface area contributed by atoms with Crippen molar-refractivity contribution in [1.29, 1.82) is 0 Å². The maximum Gasteiger partial charge on any atom is 0.135 e. The van der Waals surface area contributed by atoms with E-state index in [-0.39, 0.29) is 12.0 Å². The van der Waals surface area contributed by atoms with Crippen LogP contribution in [0.1, 0.15) is 44.5 Å². The van der Waals surface area contributed by atoms with Gasteiger partial charge in [-0.15, -0.1) is 0 Å². The lowest BCUT2D eigenvalue weighted by Crippen LogP contribution is -2.20. The Balaban J connectivity index is 2.84. The van der Waals surface area contributed by atoms with E-state index in [2.05, 4.69) is 22.2 Å². The van der Waals surface area contributed by atoms with Crippen molar-refractivity contribution in [2.45, 2.75) is 46.1 Å². The first-order valence-corrected chi connectivity index (χ1v) is 8.24. The summed E-state index contributed by atoms with van der Waals surface area (Å²) in [6.45, 7) is 8.04. The fourth-order valence-electron chi connectivity index (χ4n) is 1.60. The Kier molecular flexibility index (Phi) is 5.72. The fraction of sp³-hybridized carbons (Fsp3) is 0.692. The van der Waals surface area contributed by atoms with Gasteiger partial charge in [0.2, 0.25) is 0 Å². The number of nitrogens with one attached hydrogen (secondary N) is 1. The van der Waals surface area contributed by atoms with Crippen LogP contribution in [0.4, 0.5) is 11.6 Å². The Morgan fingerprint density at radius 1 is 1.32 bits per heavy atom. The van der Waals surface area contributed by atoms with Gasteiger partial charge in [-0.1, -0.05) is 13.8 Å². The molecule has 0 spiro atoms. The highest BCUT2D eigenvalue weighted by molar-refractivity contribution is 7.84. The molecule has 1 heterocycles. The van der Waals surface area contributed by atoms with E-state index in [0.29, 0.717) is 11.6 Å². The van der Waals surface area contributed by atoms with Crippen molar-refractivity contribution in [1.82, 2.24) is 9.97 Å².